The highest BCUT2D eigenvalue weighted by Crippen LogP contribution is 2.28. The number of carbonyl (C=O) groups is 1. The zero-order valence-corrected chi connectivity index (χ0v) is 14.2. The largest absolute Gasteiger partial charge is 0.493 e. The average molecular weight is 337 g/mol. The van der Waals surface area contributed by atoms with Crippen molar-refractivity contribution in [1.29, 1.82) is 0 Å². The number of para-hydroxylation sites is 1. The van der Waals surface area contributed by atoms with Crippen LogP contribution in [0, 0.1) is 0 Å². The molecule has 128 valence electrons. The number of benzene rings is 2. The van der Waals surface area contributed by atoms with Crippen LogP contribution in [0.3, 0.4) is 0 Å². The van der Waals surface area contributed by atoms with Crippen LogP contribution in [0.2, 0.25) is 0 Å². The summed E-state index contributed by atoms with van der Waals surface area (Å²) in [6, 6.07) is 14.8. The number of rotatable bonds is 7. The second-order valence-corrected chi connectivity index (χ2v) is 5.45. The number of Topliss-reactive ketones (excluding diaryl/α,β-unsaturated/α-hetero) is 1. The van der Waals surface area contributed by atoms with E-state index in [9.17, 15) is 4.79 Å². The quantitative estimate of drug-likeness (QED) is 0.483. The van der Waals surface area contributed by atoms with Gasteiger partial charge in [-0.15, -0.1) is 0 Å². The average Bonchev–Trinajstić information content (AvgIpc) is 2.65. The Morgan fingerprint density at radius 2 is 1.72 bits per heavy atom. The number of fused-ring (bicyclic) bond motifs is 1. The van der Waals surface area contributed by atoms with Crippen molar-refractivity contribution in [1.82, 2.24) is 4.98 Å². The maximum atomic E-state index is 11.4. The number of pyridine rings is 1. The first-order chi connectivity index (χ1) is 12.2. The number of nitrogens with zero attached hydrogens (tertiary/aromatic N) is 1. The molecule has 2 aromatic carbocycles. The molecule has 0 aliphatic rings. The van der Waals surface area contributed by atoms with E-state index in [0.29, 0.717) is 30.3 Å². The monoisotopic (exact) mass is 337 g/mol. The fourth-order valence-corrected chi connectivity index (χ4v) is 2.50. The standard InChI is InChI=1S/C20H19NO4/c1-14(22)16-8-9-17(19(13-16)23-2)24-11-12-25-18-7-3-5-15-6-4-10-21-20(15)18/h3-10,13H,11-12H2,1-2H3. The van der Waals surface area contributed by atoms with Gasteiger partial charge in [-0.2, -0.15) is 0 Å². The number of aromatic nitrogens is 1. The molecule has 0 bridgehead atoms. The zero-order valence-electron chi connectivity index (χ0n) is 14.2. The molecule has 0 amide bonds. The van der Waals surface area contributed by atoms with Crippen LogP contribution in [0.5, 0.6) is 17.2 Å². The summed E-state index contributed by atoms with van der Waals surface area (Å²) < 4.78 is 16.8. The predicted octanol–water partition coefficient (Wildman–Crippen LogP) is 3.90. The first-order valence-corrected chi connectivity index (χ1v) is 7.97. The van der Waals surface area contributed by atoms with Crippen molar-refractivity contribution >= 4 is 16.7 Å². The Balaban J connectivity index is 1.62. The van der Waals surface area contributed by atoms with Gasteiger partial charge in [0.05, 0.1) is 7.11 Å². The minimum Gasteiger partial charge on any atom is -0.493 e. The summed E-state index contributed by atoms with van der Waals surface area (Å²) in [5, 5.41) is 1.03. The second kappa shape index (κ2) is 7.66. The van der Waals surface area contributed by atoms with Gasteiger partial charge in [0.2, 0.25) is 0 Å². The highest BCUT2D eigenvalue weighted by Gasteiger charge is 2.09. The highest BCUT2D eigenvalue weighted by molar-refractivity contribution is 5.94. The van der Waals surface area contributed by atoms with Crippen LogP contribution in [-0.4, -0.2) is 31.1 Å². The van der Waals surface area contributed by atoms with Gasteiger partial charge in [-0.3, -0.25) is 9.78 Å². The van der Waals surface area contributed by atoms with Gasteiger partial charge in [0.15, 0.2) is 17.3 Å². The molecule has 0 aliphatic heterocycles. The van der Waals surface area contributed by atoms with Gasteiger partial charge in [0.25, 0.3) is 0 Å². The molecule has 0 fully saturated rings. The van der Waals surface area contributed by atoms with Gasteiger partial charge >= 0.3 is 0 Å². The van der Waals surface area contributed by atoms with Crippen molar-refractivity contribution in [3.05, 3.63) is 60.3 Å². The summed E-state index contributed by atoms with van der Waals surface area (Å²) in [6.07, 6.45) is 1.74. The molecule has 5 heteroatoms. The molecule has 0 spiro atoms. The van der Waals surface area contributed by atoms with Crippen molar-refractivity contribution in [2.45, 2.75) is 6.92 Å². The topological polar surface area (TPSA) is 57.7 Å². The van der Waals surface area contributed by atoms with Gasteiger partial charge in [-0.05, 0) is 37.3 Å². The van der Waals surface area contributed by atoms with Crippen LogP contribution >= 0.6 is 0 Å². The summed E-state index contributed by atoms with van der Waals surface area (Å²) in [4.78, 5) is 15.8. The fraction of sp³-hybridized carbons (Fsp3) is 0.200. The third kappa shape index (κ3) is 3.88. The van der Waals surface area contributed by atoms with E-state index >= 15 is 0 Å². The molecule has 0 saturated carbocycles. The lowest BCUT2D eigenvalue weighted by molar-refractivity contribution is 0.101. The van der Waals surface area contributed by atoms with Gasteiger partial charge in [0.1, 0.15) is 24.5 Å². The Hall–Kier alpha value is -3.08. The third-order valence-electron chi connectivity index (χ3n) is 3.76. The van der Waals surface area contributed by atoms with E-state index in [1.165, 1.54) is 6.92 Å². The number of ketones is 1. The summed E-state index contributed by atoms with van der Waals surface area (Å²) in [6.45, 7) is 2.23. The fourth-order valence-electron chi connectivity index (χ4n) is 2.50. The maximum absolute atomic E-state index is 11.4. The van der Waals surface area contributed by atoms with Crippen LogP contribution in [0.15, 0.2) is 54.7 Å². The van der Waals surface area contributed by atoms with Crippen LogP contribution in [0.25, 0.3) is 10.9 Å². The lowest BCUT2D eigenvalue weighted by atomic mass is 10.1. The highest BCUT2D eigenvalue weighted by atomic mass is 16.5. The van der Waals surface area contributed by atoms with E-state index in [0.717, 1.165) is 16.7 Å². The van der Waals surface area contributed by atoms with Gasteiger partial charge in [0, 0.05) is 17.1 Å². The van der Waals surface area contributed by atoms with E-state index in [4.69, 9.17) is 14.2 Å². The number of hydrogen-bond donors (Lipinski definition) is 0. The van der Waals surface area contributed by atoms with Gasteiger partial charge in [-0.1, -0.05) is 18.2 Å². The van der Waals surface area contributed by atoms with E-state index in [-0.39, 0.29) is 5.78 Å². The Kier molecular flexibility index (Phi) is 5.14. The molecule has 5 nitrogen and oxygen atoms in total. The summed E-state index contributed by atoms with van der Waals surface area (Å²) in [5.74, 6) is 1.81. The van der Waals surface area contributed by atoms with E-state index in [1.54, 1.807) is 31.5 Å². The minimum atomic E-state index is -0.0170. The molecular formula is C20H19NO4. The Morgan fingerprint density at radius 3 is 2.48 bits per heavy atom. The SMILES string of the molecule is COc1cc(C(C)=O)ccc1OCCOc1cccc2cccnc12. The lowest BCUT2D eigenvalue weighted by Crippen LogP contribution is -2.10. The molecule has 0 unspecified atom stereocenters. The molecule has 0 atom stereocenters. The van der Waals surface area contributed by atoms with Crippen molar-refractivity contribution < 1.29 is 19.0 Å². The van der Waals surface area contributed by atoms with Crippen LogP contribution < -0.4 is 14.2 Å². The van der Waals surface area contributed by atoms with Crippen molar-refractivity contribution in [2.75, 3.05) is 20.3 Å². The summed E-state index contributed by atoms with van der Waals surface area (Å²) >= 11 is 0. The second-order valence-electron chi connectivity index (χ2n) is 5.45. The number of methoxy groups -OCH3 is 1. The number of hydrogen-bond acceptors (Lipinski definition) is 5. The minimum absolute atomic E-state index is 0.0170. The Morgan fingerprint density at radius 1 is 0.960 bits per heavy atom. The number of ether oxygens (including phenoxy) is 3. The molecule has 3 rings (SSSR count). The van der Waals surface area contributed by atoms with Crippen LogP contribution in [-0.2, 0) is 0 Å². The van der Waals surface area contributed by atoms with Crippen LogP contribution in [0.1, 0.15) is 17.3 Å². The molecule has 0 aliphatic carbocycles. The van der Waals surface area contributed by atoms with Gasteiger partial charge < -0.3 is 14.2 Å². The van der Waals surface area contributed by atoms with Crippen molar-refractivity contribution in [3.8, 4) is 17.2 Å². The third-order valence-corrected chi connectivity index (χ3v) is 3.76. The van der Waals surface area contributed by atoms with Crippen molar-refractivity contribution in [2.24, 2.45) is 0 Å². The van der Waals surface area contributed by atoms with Crippen LogP contribution in [0.4, 0.5) is 0 Å². The Bertz CT molecular complexity index is 887. The lowest BCUT2D eigenvalue weighted by Gasteiger charge is -2.12. The zero-order chi connectivity index (χ0) is 17.6. The van der Waals surface area contributed by atoms with E-state index < -0.39 is 0 Å². The summed E-state index contributed by atoms with van der Waals surface area (Å²) in [7, 11) is 1.55. The molecule has 0 saturated heterocycles. The molecule has 25 heavy (non-hydrogen) atoms. The molecule has 3 aromatic rings. The molecule has 1 heterocycles. The molecular weight excluding hydrogens is 318 g/mol. The summed E-state index contributed by atoms with van der Waals surface area (Å²) in [5.41, 5.74) is 1.41. The molecule has 1 aromatic heterocycles. The maximum Gasteiger partial charge on any atom is 0.161 e. The first kappa shape index (κ1) is 16.8. The van der Waals surface area contributed by atoms with E-state index in [1.807, 2.05) is 30.3 Å². The predicted molar refractivity (Wildman–Crippen MR) is 95.7 cm³/mol. The molecule has 0 N–H and O–H groups in total. The normalized spacial score (nSPS) is 10.5. The smallest absolute Gasteiger partial charge is 0.161 e. The Labute approximate surface area is 146 Å². The molecule has 0 radical (unpaired) electrons. The van der Waals surface area contributed by atoms with E-state index in [2.05, 4.69) is 4.98 Å². The van der Waals surface area contributed by atoms with Crippen molar-refractivity contribution in [3.63, 3.8) is 0 Å². The van der Waals surface area contributed by atoms with Gasteiger partial charge in [-0.25, -0.2) is 0 Å². The number of carbonyl (C=O) groups excluding carboxylic acids is 1. The first-order valence-electron chi connectivity index (χ1n) is 7.97.